The number of carbonyl (C=O) groups excluding carboxylic acids is 1. The summed E-state index contributed by atoms with van der Waals surface area (Å²) < 4.78 is 0. The number of hydrogen-bond acceptors (Lipinski definition) is 2. The summed E-state index contributed by atoms with van der Waals surface area (Å²) >= 11 is 0. The minimum absolute atomic E-state index is 0.494. The first kappa shape index (κ1) is 9.83. The highest BCUT2D eigenvalue weighted by molar-refractivity contribution is 5.79. The van der Waals surface area contributed by atoms with Crippen LogP contribution in [0.5, 0.6) is 0 Å². The topological polar surface area (TPSA) is 20.3 Å². The van der Waals surface area contributed by atoms with Gasteiger partial charge in [0.2, 0.25) is 0 Å². The summed E-state index contributed by atoms with van der Waals surface area (Å²) in [5.41, 5.74) is 0. The van der Waals surface area contributed by atoms with Crippen LogP contribution in [-0.2, 0) is 4.79 Å². The van der Waals surface area contributed by atoms with Crippen molar-refractivity contribution in [3.63, 3.8) is 0 Å². The van der Waals surface area contributed by atoms with E-state index in [9.17, 15) is 4.79 Å². The second kappa shape index (κ2) is 3.89. The monoisotopic (exact) mass is 207 g/mol. The smallest absolute Gasteiger partial charge is 0.133 e. The van der Waals surface area contributed by atoms with Gasteiger partial charge in [-0.05, 0) is 44.4 Å². The van der Waals surface area contributed by atoms with Gasteiger partial charge in [-0.1, -0.05) is 0 Å². The highest BCUT2D eigenvalue weighted by atomic mass is 16.1. The fraction of sp³-hybridized carbons (Fsp3) is 0.923. The molecule has 0 N–H and O–H groups in total. The Kier molecular flexibility index (Phi) is 2.55. The molecule has 2 nitrogen and oxygen atoms in total. The molecule has 2 saturated heterocycles. The Labute approximate surface area is 92.0 Å². The maximum Gasteiger partial charge on any atom is 0.133 e. The molecule has 0 atom stereocenters. The lowest BCUT2D eigenvalue weighted by molar-refractivity contribution is -0.122. The summed E-state index contributed by atoms with van der Waals surface area (Å²) in [5.74, 6) is 1.47. The number of fused-ring (bicyclic) bond motifs is 3. The molecule has 0 radical (unpaired) electrons. The highest BCUT2D eigenvalue weighted by Gasteiger charge is 2.38. The predicted molar refractivity (Wildman–Crippen MR) is 59.7 cm³/mol. The van der Waals surface area contributed by atoms with Gasteiger partial charge in [0, 0.05) is 31.5 Å². The van der Waals surface area contributed by atoms with Crippen molar-refractivity contribution in [2.75, 3.05) is 6.54 Å². The molecular weight excluding hydrogens is 186 g/mol. The van der Waals surface area contributed by atoms with Crippen LogP contribution in [0.25, 0.3) is 0 Å². The predicted octanol–water partition coefficient (Wildman–Crippen LogP) is 2.37. The molecular formula is C13H21NO. The van der Waals surface area contributed by atoms with Crippen LogP contribution in [0, 0.1) is 5.92 Å². The largest absolute Gasteiger partial charge is 0.300 e. The SMILES string of the molecule is O=C1CCC(N2CC3CCC2CC3)CC1. The average Bonchev–Trinajstić information content (AvgIpc) is 2.31. The first-order valence-corrected chi connectivity index (χ1v) is 6.60. The Hall–Kier alpha value is -0.370. The van der Waals surface area contributed by atoms with E-state index in [1.54, 1.807) is 0 Å². The third-order valence-electron chi connectivity index (χ3n) is 4.74. The van der Waals surface area contributed by atoms with Crippen LogP contribution in [0.1, 0.15) is 51.4 Å². The van der Waals surface area contributed by atoms with Crippen molar-refractivity contribution in [3.05, 3.63) is 0 Å². The lowest BCUT2D eigenvalue weighted by atomic mass is 9.77. The summed E-state index contributed by atoms with van der Waals surface area (Å²) in [6.07, 6.45) is 9.76. The molecule has 2 saturated carbocycles. The summed E-state index contributed by atoms with van der Waals surface area (Å²) in [5, 5.41) is 0. The molecule has 0 amide bonds. The fourth-order valence-electron chi connectivity index (χ4n) is 3.81. The van der Waals surface area contributed by atoms with E-state index >= 15 is 0 Å². The number of piperidine rings is 2. The normalized spacial score (nSPS) is 38.5. The van der Waals surface area contributed by atoms with Gasteiger partial charge >= 0.3 is 0 Å². The molecule has 4 fully saturated rings. The van der Waals surface area contributed by atoms with Crippen molar-refractivity contribution < 1.29 is 4.79 Å². The second-order valence-electron chi connectivity index (χ2n) is 5.64. The third kappa shape index (κ3) is 1.84. The Morgan fingerprint density at radius 3 is 2.00 bits per heavy atom. The minimum atomic E-state index is 0.494. The maximum atomic E-state index is 11.2. The van der Waals surface area contributed by atoms with Crippen LogP contribution >= 0.6 is 0 Å². The van der Waals surface area contributed by atoms with Crippen LogP contribution in [0.3, 0.4) is 0 Å². The zero-order chi connectivity index (χ0) is 10.3. The second-order valence-corrected chi connectivity index (χ2v) is 5.64. The van der Waals surface area contributed by atoms with Gasteiger partial charge < -0.3 is 0 Å². The molecule has 4 rings (SSSR count). The van der Waals surface area contributed by atoms with Gasteiger partial charge in [-0.2, -0.15) is 0 Å². The van der Waals surface area contributed by atoms with Gasteiger partial charge in [-0.3, -0.25) is 9.69 Å². The summed E-state index contributed by atoms with van der Waals surface area (Å²) in [4.78, 5) is 14.0. The molecule has 15 heavy (non-hydrogen) atoms. The van der Waals surface area contributed by atoms with Crippen LogP contribution < -0.4 is 0 Å². The van der Waals surface area contributed by atoms with Gasteiger partial charge in [-0.25, -0.2) is 0 Å². The zero-order valence-electron chi connectivity index (χ0n) is 9.45. The molecule has 0 aromatic rings. The van der Waals surface area contributed by atoms with Crippen LogP contribution in [0.15, 0.2) is 0 Å². The van der Waals surface area contributed by atoms with E-state index in [1.807, 2.05) is 0 Å². The van der Waals surface area contributed by atoms with Crippen molar-refractivity contribution in [1.29, 1.82) is 0 Å². The molecule has 2 aliphatic carbocycles. The maximum absolute atomic E-state index is 11.2. The average molecular weight is 207 g/mol. The van der Waals surface area contributed by atoms with E-state index in [-0.39, 0.29) is 0 Å². The number of nitrogens with zero attached hydrogens (tertiary/aromatic N) is 1. The number of ketones is 1. The van der Waals surface area contributed by atoms with E-state index in [4.69, 9.17) is 0 Å². The molecule has 0 aromatic carbocycles. The van der Waals surface area contributed by atoms with Crippen molar-refractivity contribution in [1.82, 2.24) is 4.90 Å². The number of Topliss-reactive ketones (excluding diaryl/α,β-unsaturated/α-hetero) is 1. The third-order valence-corrected chi connectivity index (χ3v) is 4.74. The number of carbonyl (C=O) groups is 1. The van der Waals surface area contributed by atoms with Crippen molar-refractivity contribution in [2.24, 2.45) is 5.92 Å². The molecule has 0 unspecified atom stereocenters. The molecule has 2 aliphatic heterocycles. The minimum Gasteiger partial charge on any atom is -0.300 e. The van der Waals surface area contributed by atoms with E-state index < -0.39 is 0 Å². The van der Waals surface area contributed by atoms with Crippen LogP contribution in [0.2, 0.25) is 0 Å². The Bertz CT molecular complexity index is 245. The molecule has 2 heteroatoms. The lowest BCUT2D eigenvalue weighted by Crippen LogP contribution is -2.53. The molecule has 2 heterocycles. The molecule has 2 bridgehead atoms. The van der Waals surface area contributed by atoms with Crippen LogP contribution in [-0.4, -0.2) is 29.3 Å². The zero-order valence-corrected chi connectivity index (χ0v) is 9.45. The fourth-order valence-corrected chi connectivity index (χ4v) is 3.81. The van der Waals surface area contributed by atoms with E-state index in [0.29, 0.717) is 5.78 Å². The molecule has 0 spiro atoms. The first-order valence-electron chi connectivity index (χ1n) is 6.60. The molecule has 0 aromatic heterocycles. The Morgan fingerprint density at radius 2 is 1.47 bits per heavy atom. The highest BCUT2D eigenvalue weighted by Crippen LogP contribution is 2.38. The Balaban J connectivity index is 1.64. The Morgan fingerprint density at radius 1 is 0.867 bits per heavy atom. The number of hydrogen-bond donors (Lipinski definition) is 0. The van der Waals surface area contributed by atoms with Gasteiger partial charge in [0.1, 0.15) is 5.78 Å². The quantitative estimate of drug-likeness (QED) is 0.658. The van der Waals surface area contributed by atoms with E-state index in [0.717, 1.165) is 43.7 Å². The van der Waals surface area contributed by atoms with E-state index in [2.05, 4.69) is 4.90 Å². The standard InChI is InChI=1S/C13H21NO/c15-13-7-5-12(6-8-13)14-9-10-1-3-11(14)4-2-10/h10-12H,1-9H2. The summed E-state index contributed by atoms with van der Waals surface area (Å²) in [6.45, 7) is 1.34. The van der Waals surface area contributed by atoms with Crippen LogP contribution in [0.4, 0.5) is 0 Å². The molecule has 84 valence electrons. The summed E-state index contributed by atoms with van der Waals surface area (Å²) in [7, 11) is 0. The first-order chi connectivity index (χ1) is 7.33. The lowest BCUT2D eigenvalue weighted by Gasteiger charge is -2.49. The van der Waals surface area contributed by atoms with Crippen molar-refractivity contribution >= 4 is 5.78 Å². The van der Waals surface area contributed by atoms with Crippen molar-refractivity contribution in [3.8, 4) is 0 Å². The number of rotatable bonds is 1. The van der Waals surface area contributed by atoms with Gasteiger partial charge in [0.05, 0.1) is 0 Å². The van der Waals surface area contributed by atoms with Crippen molar-refractivity contribution in [2.45, 2.75) is 63.5 Å². The van der Waals surface area contributed by atoms with Gasteiger partial charge in [0.25, 0.3) is 0 Å². The van der Waals surface area contributed by atoms with E-state index in [1.165, 1.54) is 32.2 Å². The summed E-state index contributed by atoms with van der Waals surface area (Å²) in [6, 6.07) is 1.61. The van der Waals surface area contributed by atoms with Gasteiger partial charge in [-0.15, -0.1) is 0 Å². The van der Waals surface area contributed by atoms with Gasteiger partial charge in [0.15, 0.2) is 0 Å². The molecule has 4 aliphatic rings.